The predicted octanol–water partition coefficient (Wildman–Crippen LogP) is 3.10. The van der Waals surface area contributed by atoms with Crippen LogP contribution in [-0.4, -0.2) is 39.4 Å². The molecule has 0 aliphatic rings. The van der Waals surface area contributed by atoms with E-state index in [4.69, 9.17) is 0 Å². The van der Waals surface area contributed by atoms with Gasteiger partial charge < -0.3 is 14.8 Å². The molecule has 1 aromatic heterocycles. The van der Waals surface area contributed by atoms with Gasteiger partial charge in [0.25, 0.3) is 0 Å². The Morgan fingerprint density at radius 1 is 1.08 bits per heavy atom. The van der Waals surface area contributed by atoms with E-state index in [-0.39, 0.29) is 18.4 Å². The number of carbonyl (C=O) groups is 2. The molecule has 2 rings (SSSR count). The zero-order valence-electron chi connectivity index (χ0n) is 16.1. The van der Waals surface area contributed by atoms with Gasteiger partial charge in [-0.2, -0.15) is 0 Å². The maximum Gasteiger partial charge on any atom is 0.242 e. The van der Waals surface area contributed by atoms with Crippen LogP contribution in [0.2, 0.25) is 0 Å². The first-order chi connectivity index (χ1) is 12.6. The molecule has 26 heavy (non-hydrogen) atoms. The highest BCUT2D eigenvalue weighted by Crippen LogP contribution is 2.16. The van der Waals surface area contributed by atoms with Crippen LogP contribution in [0.3, 0.4) is 0 Å². The first-order valence-electron chi connectivity index (χ1n) is 9.59. The van der Waals surface area contributed by atoms with Crippen LogP contribution in [0, 0.1) is 0 Å². The largest absolute Gasteiger partial charge is 0.349 e. The fourth-order valence-electron chi connectivity index (χ4n) is 3.07. The molecule has 1 heterocycles. The molecule has 0 spiro atoms. The predicted molar refractivity (Wildman–Crippen MR) is 104 cm³/mol. The third-order valence-electron chi connectivity index (χ3n) is 4.29. The Balaban J connectivity index is 2.24. The number of amides is 2. The summed E-state index contributed by atoms with van der Waals surface area (Å²) >= 11 is 0. The lowest BCUT2D eigenvalue weighted by molar-refractivity contribution is -0.131. The number of aromatic nitrogens is 2. The number of imidazole rings is 1. The van der Waals surface area contributed by atoms with Crippen LogP contribution in [0.5, 0.6) is 0 Å². The van der Waals surface area contributed by atoms with Crippen molar-refractivity contribution in [2.75, 3.05) is 13.1 Å². The molecule has 142 valence electrons. The zero-order valence-corrected chi connectivity index (χ0v) is 16.1. The standard InChI is InChI=1S/C20H30N4O2/c1-4-9-19(25)21-14-18-22-16-10-7-8-11-17(16)24(18)15-20(26)23(12-5-2)13-6-3/h7-8,10-11H,4-6,9,12-15H2,1-3H3,(H,21,25). The number of nitrogens with zero attached hydrogens (tertiary/aromatic N) is 3. The molecule has 1 aromatic carbocycles. The van der Waals surface area contributed by atoms with Crippen molar-refractivity contribution in [3.05, 3.63) is 30.1 Å². The van der Waals surface area contributed by atoms with Gasteiger partial charge in [0.05, 0.1) is 17.6 Å². The van der Waals surface area contributed by atoms with Crippen LogP contribution in [0.25, 0.3) is 11.0 Å². The Kier molecular flexibility index (Phi) is 7.63. The number of rotatable bonds is 10. The molecular formula is C20H30N4O2. The third-order valence-corrected chi connectivity index (χ3v) is 4.29. The van der Waals surface area contributed by atoms with Crippen molar-refractivity contribution >= 4 is 22.8 Å². The minimum Gasteiger partial charge on any atom is -0.349 e. The van der Waals surface area contributed by atoms with Gasteiger partial charge in [-0.1, -0.05) is 32.9 Å². The Labute approximate surface area is 155 Å². The van der Waals surface area contributed by atoms with Crippen LogP contribution >= 0.6 is 0 Å². The van der Waals surface area contributed by atoms with Crippen molar-refractivity contribution < 1.29 is 9.59 Å². The summed E-state index contributed by atoms with van der Waals surface area (Å²) in [5, 5.41) is 2.91. The summed E-state index contributed by atoms with van der Waals surface area (Å²) in [7, 11) is 0. The quantitative estimate of drug-likeness (QED) is 0.710. The summed E-state index contributed by atoms with van der Waals surface area (Å²) in [6.45, 7) is 8.25. The molecule has 0 aliphatic heterocycles. The molecule has 0 radical (unpaired) electrons. The second-order valence-corrected chi connectivity index (χ2v) is 6.51. The van der Waals surface area contributed by atoms with Gasteiger partial charge in [-0.25, -0.2) is 4.98 Å². The molecule has 6 nitrogen and oxygen atoms in total. The number of hydrogen-bond acceptors (Lipinski definition) is 3. The Morgan fingerprint density at radius 3 is 2.42 bits per heavy atom. The molecule has 0 bridgehead atoms. The first kappa shape index (κ1) is 19.9. The van der Waals surface area contributed by atoms with Crippen LogP contribution in [0.1, 0.15) is 52.3 Å². The molecule has 1 N–H and O–H groups in total. The lowest BCUT2D eigenvalue weighted by Gasteiger charge is -2.22. The third kappa shape index (κ3) is 5.07. The van der Waals surface area contributed by atoms with Crippen molar-refractivity contribution in [2.45, 2.75) is 59.5 Å². The number of hydrogen-bond donors (Lipinski definition) is 1. The molecule has 6 heteroatoms. The second-order valence-electron chi connectivity index (χ2n) is 6.51. The normalized spacial score (nSPS) is 10.9. The lowest BCUT2D eigenvalue weighted by atomic mass is 10.3. The summed E-state index contributed by atoms with van der Waals surface area (Å²) in [5.74, 6) is 0.825. The van der Waals surface area contributed by atoms with E-state index >= 15 is 0 Å². The van der Waals surface area contributed by atoms with Gasteiger partial charge in [0.1, 0.15) is 12.4 Å². The molecule has 0 atom stereocenters. The van der Waals surface area contributed by atoms with E-state index in [1.165, 1.54) is 0 Å². The number of fused-ring (bicyclic) bond motifs is 1. The van der Waals surface area contributed by atoms with Gasteiger partial charge in [0.15, 0.2) is 0 Å². The Hall–Kier alpha value is -2.37. The average Bonchev–Trinajstić information content (AvgIpc) is 2.98. The molecule has 0 saturated carbocycles. The van der Waals surface area contributed by atoms with Gasteiger partial charge in [-0.3, -0.25) is 9.59 Å². The molecule has 0 fully saturated rings. The topological polar surface area (TPSA) is 67.2 Å². The number of carbonyl (C=O) groups excluding carboxylic acids is 2. The number of nitrogens with one attached hydrogen (secondary N) is 1. The van der Waals surface area contributed by atoms with E-state index in [2.05, 4.69) is 24.1 Å². The minimum absolute atomic E-state index is 0.0102. The second kappa shape index (κ2) is 9.94. The van der Waals surface area contributed by atoms with Crippen molar-refractivity contribution in [1.29, 1.82) is 0 Å². The fraction of sp³-hybridized carbons (Fsp3) is 0.550. The molecular weight excluding hydrogens is 328 g/mol. The average molecular weight is 358 g/mol. The SMILES string of the molecule is CCCC(=O)NCc1nc2ccccc2n1CC(=O)N(CCC)CCC. The maximum atomic E-state index is 12.8. The molecule has 2 amide bonds. The molecule has 0 saturated heterocycles. The van der Waals surface area contributed by atoms with Crippen LogP contribution in [0.15, 0.2) is 24.3 Å². The van der Waals surface area contributed by atoms with Crippen LogP contribution in [-0.2, 0) is 22.7 Å². The highest BCUT2D eigenvalue weighted by atomic mass is 16.2. The van der Waals surface area contributed by atoms with E-state index in [0.717, 1.165) is 49.2 Å². The van der Waals surface area contributed by atoms with Gasteiger partial charge in [0, 0.05) is 19.5 Å². The smallest absolute Gasteiger partial charge is 0.242 e. The summed E-state index contributed by atoms with van der Waals surface area (Å²) in [6.07, 6.45) is 3.19. The summed E-state index contributed by atoms with van der Waals surface area (Å²) in [5.41, 5.74) is 1.77. The Bertz CT molecular complexity index is 732. The summed E-state index contributed by atoms with van der Waals surface area (Å²) in [6, 6.07) is 7.78. The minimum atomic E-state index is 0.0102. The molecule has 0 unspecified atom stereocenters. The monoisotopic (exact) mass is 358 g/mol. The molecule has 2 aromatic rings. The van der Waals surface area contributed by atoms with Gasteiger partial charge in [0.2, 0.25) is 11.8 Å². The van der Waals surface area contributed by atoms with Crippen LogP contribution in [0.4, 0.5) is 0 Å². The van der Waals surface area contributed by atoms with Crippen molar-refractivity contribution in [3.8, 4) is 0 Å². The van der Waals surface area contributed by atoms with Crippen LogP contribution < -0.4 is 5.32 Å². The van der Waals surface area contributed by atoms with E-state index in [9.17, 15) is 9.59 Å². The summed E-state index contributed by atoms with van der Waals surface area (Å²) < 4.78 is 1.93. The van der Waals surface area contributed by atoms with E-state index in [0.29, 0.717) is 13.0 Å². The van der Waals surface area contributed by atoms with Crippen molar-refractivity contribution in [1.82, 2.24) is 19.8 Å². The van der Waals surface area contributed by atoms with E-state index in [1.54, 1.807) is 0 Å². The summed E-state index contributed by atoms with van der Waals surface area (Å²) in [4.78, 5) is 31.2. The lowest BCUT2D eigenvalue weighted by Crippen LogP contribution is -2.35. The Morgan fingerprint density at radius 2 is 1.77 bits per heavy atom. The molecule has 0 aliphatic carbocycles. The van der Waals surface area contributed by atoms with E-state index < -0.39 is 0 Å². The zero-order chi connectivity index (χ0) is 18.9. The van der Waals surface area contributed by atoms with Gasteiger partial charge >= 0.3 is 0 Å². The number of benzene rings is 1. The number of para-hydroxylation sites is 2. The highest BCUT2D eigenvalue weighted by molar-refractivity contribution is 5.81. The van der Waals surface area contributed by atoms with Gasteiger partial charge in [-0.05, 0) is 31.4 Å². The van der Waals surface area contributed by atoms with Crippen molar-refractivity contribution in [3.63, 3.8) is 0 Å². The van der Waals surface area contributed by atoms with Gasteiger partial charge in [-0.15, -0.1) is 0 Å². The van der Waals surface area contributed by atoms with Crippen molar-refractivity contribution in [2.24, 2.45) is 0 Å². The first-order valence-corrected chi connectivity index (χ1v) is 9.59. The van der Waals surface area contributed by atoms with E-state index in [1.807, 2.05) is 40.7 Å². The highest BCUT2D eigenvalue weighted by Gasteiger charge is 2.17. The fourth-order valence-corrected chi connectivity index (χ4v) is 3.07. The maximum absolute atomic E-state index is 12.8.